The predicted octanol–water partition coefficient (Wildman–Crippen LogP) is -1.43. The third-order valence-corrected chi connectivity index (χ3v) is 3.81. The smallest absolute Gasteiger partial charge is 0.241 e. The molecule has 0 atom stereocenters. The number of benzene rings is 1. The van der Waals surface area contributed by atoms with Crippen molar-refractivity contribution in [3.05, 3.63) is 12.1 Å². The summed E-state index contributed by atoms with van der Waals surface area (Å²) in [6, 6.07) is 1.79. The fraction of sp³-hybridized carbons (Fsp3) is 0.143. The highest BCUT2D eigenvalue weighted by atomic mass is 32.2. The third-order valence-electron chi connectivity index (χ3n) is 1.91. The Balaban J connectivity index is 3.73. The Morgan fingerprint density at radius 2 is 1.47 bits per heavy atom. The van der Waals surface area contributed by atoms with Crippen LogP contribution in [-0.4, -0.2) is 23.9 Å². The summed E-state index contributed by atoms with van der Waals surface area (Å²) >= 11 is 0. The lowest BCUT2D eigenvalue weighted by Crippen LogP contribution is -2.18. The number of primary sulfonamides is 2. The molecule has 1 aromatic carbocycles. The first kappa shape index (κ1) is 13.7. The molecule has 10 heteroatoms. The van der Waals surface area contributed by atoms with Gasteiger partial charge >= 0.3 is 0 Å². The number of methoxy groups -OCH3 is 1. The second-order valence-electron chi connectivity index (χ2n) is 3.13. The number of hydrogen-bond acceptors (Lipinski definition) is 6. The van der Waals surface area contributed by atoms with Crippen LogP contribution in [0.3, 0.4) is 0 Å². The van der Waals surface area contributed by atoms with E-state index in [4.69, 9.17) is 20.7 Å². The zero-order chi connectivity index (χ0) is 13.4. The van der Waals surface area contributed by atoms with E-state index >= 15 is 0 Å². The van der Waals surface area contributed by atoms with Gasteiger partial charge in [0.15, 0.2) is 0 Å². The normalized spacial score (nSPS) is 12.4. The zero-order valence-electron chi connectivity index (χ0n) is 8.74. The van der Waals surface area contributed by atoms with Gasteiger partial charge in [-0.25, -0.2) is 27.1 Å². The van der Waals surface area contributed by atoms with E-state index in [-0.39, 0.29) is 11.4 Å². The Hall–Kier alpha value is -1.36. The van der Waals surface area contributed by atoms with E-state index in [0.29, 0.717) is 0 Å². The summed E-state index contributed by atoms with van der Waals surface area (Å²) in [4.78, 5) is -1.03. The number of sulfonamides is 2. The molecule has 0 aliphatic carbocycles. The van der Waals surface area contributed by atoms with Crippen LogP contribution in [0.4, 0.5) is 5.69 Å². The fourth-order valence-corrected chi connectivity index (χ4v) is 2.63. The lowest BCUT2D eigenvalue weighted by atomic mass is 10.3. The van der Waals surface area contributed by atoms with Crippen LogP contribution in [0.5, 0.6) is 5.75 Å². The molecule has 0 aliphatic rings. The van der Waals surface area contributed by atoms with E-state index < -0.39 is 29.8 Å². The molecule has 1 aromatic rings. The van der Waals surface area contributed by atoms with E-state index in [2.05, 4.69) is 0 Å². The van der Waals surface area contributed by atoms with Crippen molar-refractivity contribution in [2.24, 2.45) is 10.3 Å². The van der Waals surface area contributed by atoms with Crippen molar-refractivity contribution >= 4 is 25.7 Å². The van der Waals surface area contributed by atoms with Gasteiger partial charge in [0.05, 0.1) is 12.8 Å². The first-order valence-electron chi connectivity index (χ1n) is 4.10. The average Bonchev–Trinajstić information content (AvgIpc) is 2.13. The van der Waals surface area contributed by atoms with Crippen LogP contribution in [0.1, 0.15) is 0 Å². The molecular formula is C7H11N3O5S2. The molecule has 0 spiro atoms. The monoisotopic (exact) mass is 281 g/mol. The molecule has 96 valence electrons. The fourth-order valence-electron chi connectivity index (χ4n) is 1.19. The molecule has 1 rings (SSSR count). The van der Waals surface area contributed by atoms with Gasteiger partial charge < -0.3 is 10.5 Å². The standard InChI is InChI=1S/C7H11N3O5S2/c1-15-5-2-4(8)6(16(9,11)12)3-7(5)17(10,13)14/h2-3H,8H2,1H3,(H2,9,11,12)(H2,10,13,14). The summed E-state index contributed by atoms with van der Waals surface area (Å²) < 4.78 is 49.5. The van der Waals surface area contributed by atoms with Gasteiger partial charge in [-0.3, -0.25) is 0 Å². The minimum absolute atomic E-state index is 0.155. The summed E-state index contributed by atoms with van der Waals surface area (Å²) in [5, 5.41) is 9.79. The van der Waals surface area contributed by atoms with Gasteiger partial charge in [0.1, 0.15) is 15.5 Å². The van der Waals surface area contributed by atoms with Gasteiger partial charge in [0.25, 0.3) is 0 Å². The Labute approximate surface area is 98.5 Å². The summed E-state index contributed by atoms with van der Waals surface area (Å²) in [5.41, 5.74) is 5.20. The molecule has 0 heterocycles. The van der Waals surface area contributed by atoms with Crippen LogP contribution >= 0.6 is 0 Å². The summed E-state index contributed by atoms with van der Waals surface area (Å²) in [6.45, 7) is 0. The molecule has 8 nitrogen and oxygen atoms in total. The summed E-state index contributed by atoms with van der Waals surface area (Å²) in [5.74, 6) is -0.155. The SMILES string of the molecule is COc1cc(N)c(S(N)(=O)=O)cc1S(N)(=O)=O. The Morgan fingerprint density at radius 1 is 1.00 bits per heavy atom. The Morgan fingerprint density at radius 3 is 1.82 bits per heavy atom. The van der Waals surface area contributed by atoms with Crippen LogP contribution in [0, 0.1) is 0 Å². The van der Waals surface area contributed by atoms with Gasteiger partial charge in [-0.05, 0) is 6.07 Å². The number of nitrogens with two attached hydrogens (primary N) is 3. The van der Waals surface area contributed by atoms with Crippen molar-refractivity contribution in [2.75, 3.05) is 12.8 Å². The van der Waals surface area contributed by atoms with Crippen molar-refractivity contribution < 1.29 is 21.6 Å². The maximum atomic E-state index is 11.2. The minimum atomic E-state index is -4.15. The molecule has 0 bridgehead atoms. The quantitative estimate of drug-likeness (QED) is 0.577. The summed E-state index contributed by atoms with van der Waals surface area (Å²) in [6.07, 6.45) is 0. The molecule has 0 fully saturated rings. The van der Waals surface area contributed by atoms with Gasteiger partial charge in [-0.1, -0.05) is 0 Å². The lowest BCUT2D eigenvalue weighted by Gasteiger charge is -2.10. The minimum Gasteiger partial charge on any atom is -0.495 e. The predicted molar refractivity (Wildman–Crippen MR) is 60.2 cm³/mol. The Bertz CT molecular complexity index is 650. The number of rotatable bonds is 3. The lowest BCUT2D eigenvalue weighted by molar-refractivity contribution is 0.402. The summed E-state index contributed by atoms with van der Waals surface area (Å²) in [7, 11) is -7.09. The molecule has 17 heavy (non-hydrogen) atoms. The van der Waals surface area contributed by atoms with Crippen molar-refractivity contribution in [3.8, 4) is 5.75 Å². The van der Waals surface area contributed by atoms with Crippen molar-refractivity contribution in [3.63, 3.8) is 0 Å². The van der Waals surface area contributed by atoms with Crippen LogP contribution in [0.15, 0.2) is 21.9 Å². The van der Waals surface area contributed by atoms with Crippen LogP contribution in [0.2, 0.25) is 0 Å². The molecule has 0 saturated carbocycles. The third kappa shape index (κ3) is 2.85. The maximum Gasteiger partial charge on any atom is 0.241 e. The highest BCUT2D eigenvalue weighted by molar-refractivity contribution is 7.90. The number of hydrogen-bond donors (Lipinski definition) is 3. The van der Waals surface area contributed by atoms with Crippen molar-refractivity contribution in [2.45, 2.75) is 9.79 Å². The van der Waals surface area contributed by atoms with Gasteiger partial charge in [-0.2, -0.15) is 0 Å². The van der Waals surface area contributed by atoms with Crippen molar-refractivity contribution in [1.29, 1.82) is 0 Å². The van der Waals surface area contributed by atoms with Gasteiger partial charge in [0, 0.05) is 6.07 Å². The average molecular weight is 281 g/mol. The second-order valence-corrected chi connectivity index (χ2v) is 6.19. The van der Waals surface area contributed by atoms with E-state index in [0.717, 1.165) is 12.1 Å². The molecule has 0 saturated heterocycles. The molecule has 0 aliphatic heterocycles. The van der Waals surface area contributed by atoms with Gasteiger partial charge in [-0.15, -0.1) is 0 Å². The Kier molecular flexibility index (Phi) is 3.34. The highest BCUT2D eigenvalue weighted by Gasteiger charge is 2.22. The zero-order valence-corrected chi connectivity index (χ0v) is 10.4. The van der Waals surface area contributed by atoms with E-state index in [1.807, 2.05) is 0 Å². The maximum absolute atomic E-state index is 11.2. The molecule has 0 aromatic heterocycles. The second kappa shape index (κ2) is 4.14. The largest absolute Gasteiger partial charge is 0.495 e. The number of nitrogen functional groups attached to an aromatic ring is 1. The number of anilines is 1. The highest BCUT2D eigenvalue weighted by Crippen LogP contribution is 2.30. The molecule has 0 unspecified atom stereocenters. The first-order chi connectivity index (χ1) is 7.57. The molecule has 0 amide bonds. The molecule has 6 N–H and O–H groups in total. The van der Waals surface area contributed by atoms with E-state index in [1.165, 1.54) is 7.11 Å². The van der Waals surface area contributed by atoms with Crippen molar-refractivity contribution in [1.82, 2.24) is 0 Å². The first-order valence-corrected chi connectivity index (χ1v) is 7.19. The van der Waals surface area contributed by atoms with Crippen LogP contribution in [0.25, 0.3) is 0 Å². The van der Waals surface area contributed by atoms with E-state index in [1.54, 1.807) is 0 Å². The van der Waals surface area contributed by atoms with Crippen LogP contribution < -0.4 is 20.7 Å². The van der Waals surface area contributed by atoms with Gasteiger partial charge in [0.2, 0.25) is 20.0 Å². The van der Waals surface area contributed by atoms with Crippen LogP contribution in [-0.2, 0) is 20.0 Å². The molecule has 0 radical (unpaired) electrons. The van der Waals surface area contributed by atoms with E-state index in [9.17, 15) is 16.8 Å². The molecular weight excluding hydrogens is 270 g/mol. The topological polar surface area (TPSA) is 156 Å². The number of ether oxygens (including phenoxy) is 1.